The fourth-order valence-electron chi connectivity index (χ4n) is 4.01. The molecule has 10 heteroatoms. The van der Waals surface area contributed by atoms with E-state index < -0.39 is 0 Å². The molecule has 0 saturated carbocycles. The van der Waals surface area contributed by atoms with Crippen molar-refractivity contribution in [2.45, 2.75) is 11.7 Å². The molecule has 0 saturated heterocycles. The Kier molecular flexibility index (Phi) is 5.34. The number of nitrogens with one attached hydrogen (secondary N) is 1. The first kappa shape index (κ1) is 21.2. The van der Waals surface area contributed by atoms with Crippen molar-refractivity contribution in [2.24, 2.45) is 0 Å². The lowest BCUT2D eigenvalue weighted by Gasteiger charge is -2.11. The maximum absolute atomic E-state index is 13.3. The van der Waals surface area contributed by atoms with Crippen LogP contribution in [0.4, 0.5) is 0 Å². The molecule has 2 aromatic heterocycles. The first-order valence-corrected chi connectivity index (χ1v) is 11.9. The smallest absolute Gasteiger partial charge is 0.267 e. The minimum absolute atomic E-state index is 0.143. The van der Waals surface area contributed by atoms with E-state index in [4.69, 9.17) is 9.47 Å². The zero-order chi connectivity index (χ0) is 23.8. The van der Waals surface area contributed by atoms with Crippen LogP contribution in [0.5, 0.6) is 11.5 Å². The van der Waals surface area contributed by atoms with Gasteiger partial charge in [-0.1, -0.05) is 48.2 Å². The zero-order valence-electron chi connectivity index (χ0n) is 18.4. The first-order valence-electron chi connectivity index (χ1n) is 10.9. The number of aromatic nitrogens is 4. The summed E-state index contributed by atoms with van der Waals surface area (Å²) in [7, 11) is 0. The van der Waals surface area contributed by atoms with Gasteiger partial charge in [-0.2, -0.15) is 0 Å². The second-order valence-electron chi connectivity index (χ2n) is 7.86. The second-order valence-corrected chi connectivity index (χ2v) is 8.81. The van der Waals surface area contributed by atoms with E-state index in [1.165, 1.54) is 11.8 Å². The SMILES string of the molecule is O=C(CSc1nnc2n(-c3ccccc3)c(=O)c3ccccc3n12)NCc1ccc2c(c1)OCO2. The number of para-hydroxylation sites is 2. The number of carbonyl (C=O) groups is 1. The van der Waals surface area contributed by atoms with Crippen molar-refractivity contribution in [3.63, 3.8) is 0 Å². The molecule has 3 heterocycles. The van der Waals surface area contributed by atoms with E-state index in [2.05, 4.69) is 15.5 Å². The maximum atomic E-state index is 13.3. The molecule has 0 atom stereocenters. The van der Waals surface area contributed by atoms with Gasteiger partial charge in [-0.25, -0.2) is 4.57 Å². The number of ether oxygens (including phenoxy) is 2. The fraction of sp³-hybridized carbons (Fsp3) is 0.120. The van der Waals surface area contributed by atoms with E-state index in [1.54, 1.807) is 10.6 Å². The van der Waals surface area contributed by atoms with Crippen molar-refractivity contribution in [3.05, 3.63) is 88.7 Å². The molecule has 0 aliphatic carbocycles. The third kappa shape index (κ3) is 3.87. The summed E-state index contributed by atoms with van der Waals surface area (Å²) in [5, 5.41) is 12.6. The molecule has 0 radical (unpaired) electrons. The molecule has 3 aromatic carbocycles. The molecule has 35 heavy (non-hydrogen) atoms. The van der Waals surface area contributed by atoms with Gasteiger partial charge in [0, 0.05) is 6.54 Å². The summed E-state index contributed by atoms with van der Waals surface area (Å²) in [5.74, 6) is 1.77. The molecule has 1 amide bonds. The van der Waals surface area contributed by atoms with Crippen molar-refractivity contribution in [1.29, 1.82) is 0 Å². The number of hydrogen-bond donors (Lipinski definition) is 1. The molecule has 0 spiro atoms. The summed E-state index contributed by atoms with van der Waals surface area (Å²) < 4.78 is 14.1. The molecular weight excluding hydrogens is 466 g/mol. The van der Waals surface area contributed by atoms with Crippen molar-refractivity contribution in [3.8, 4) is 17.2 Å². The summed E-state index contributed by atoms with van der Waals surface area (Å²) in [4.78, 5) is 25.9. The Morgan fingerprint density at radius 2 is 1.77 bits per heavy atom. The third-order valence-corrected chi connectivity index (χ3v) is 6.60. The number of rotatable bonds is 6. The normalized spacial score (nSPS) is 12.3. The van der Waals surface area contributed by atoms with Crippen molar-refractivity contribution >= 4 is 34.3 Å². The molecule has 0 fully saturated rings. The van der Waals surface area contributed by atoms with E-state index in [0.717, 1.165) is 5.56 Å². The van der Waals surface area contributed by atoms with Crippen LogP contribution in [0.2, 0.25) is 0 Å². The molecule has 1 aliphatic rings. The Morgan fingerprint density at radius 3 is 2.66 bits per heavy atom. The van der Waals surface area contributed by atoms with Crippen LogP contribution >= 0.6 is 11.8 Å². The van der Waals surface area contributed by atoms with Crippen LogP contribution < -0.4 is 20.3 Å². The average molecular weight is 486 g/mol. The highest BCUT2D eigenvalue weighted by Crippen LogP contribution is 2.32. The topological polar surface area (TPSA) is 99.8 Å². The van der Waals surface area contributed by atoms with Crippen LogP contribution in [0, 0.1) is 0 Å². The molecule has 0 bridgehead atoms. The minimum atomic E-state index is -0.176. The maximum Gasteiger partial charge on any atom is 0.267 e. The van der Waals surface area contributed by atoms with Crippen molar-refractivity contribution in [2.75, 3.05) is 12.5 Å². The number of amides is 1. The van der Waals surface area contributed by atoms with Gasteiger partial charge in [0.25, 0.3) is 5.56 Å². The zero-order valence-corrected chi connectivity index (χ0v) is 19.2. The molecule has 9 nitrogen and oxygen atoms in total. The number of hydrogen-bond acceptors (Lipinski definition) is 7. The van der Waals surface area contributed by atoms with Crippen LogP contribution in [-0.2, 0) is 11.3 Å². The van der Waals surface area contributed by atoms with Crippen LogP contribution in [0.3, 0.4) is 0 Å². The molecular formula is C25H19N5O4S. The predicted octanol–water partition coefficient (Wildman–Crippen LogP) is 3.17. The van der Waals surface area contributed by atoms with Gasteiger partial charge in [0.2, 0.25) is 18.5 Å². The van der Waals surface area contributed by atoms with Crippen LogP contribution in [-0.4, -0.2) is 37.6 Å². The molecule has 174 valence electrons. The summed E-state index contributed by atoms with van der Waals surface area (Å²) in [6, 6.07) is 22.2. The highest BCUT2D eigenvalue weighted by Gasteiger charge is 2.19. The fourth-order valence-corrected chi connectivity index (χ4v) is 4.78. The summed E-state index contributed by atoms with van der Waals surface area (Å²) in [6.45, 7) is 0.577. The molecule has 6 rings (SSSR count). The largest absolute Gasteiger partial charge is 0.454 e. The second kappa shape index (κ2) is 8.80. The highest BCUT2D eigenvalue weighted by atomic mass is 32.2. The molecule has 0 unspecified atom stereocenters. The number of nitrogens with zero attached hydrogens (tertiary/aromatic N) is 4. The van der Waals surface area contributed by atoms with Gasteiger partial charge >= 0.3 is 0 Å². The Morgan fingerprint density at radius 1 is 0.971 bits per heavy atom. The average Bonchev–Trinajstić information content (AvgIpc) is 3.54. The number of fused-ring (bicyclic) bond motifs is 4. The lowest BCUT2D eigenvalue weighted by atomic mass is 10.2. The Labute approximate surface area is 203 Å². The monoisotopic (exact) mass is 485 g/mol. The van der Waals surface area contributed by atoms with E-state index in [-0.39, 0.29) is 24.0 Å². The predicted molar refractivity (Wildman–Crippen MR) is 131 cm³/mol. The van der Waals surface area contributed by atoms with Crippen molar-refractivity contribution in [1.82, 2.24) is 24.5 Å². The Hall–Kier alpha value is -4.31. The number of benzene rings is 3. The minimum Gasteiger partial charge on any atom is -0.454 e. The quantitative estimate of drug-likeness (QED) is 0.369. The lowest BCUT2D eigenvalue weighted by molar-refractivity contribution is -0.118. The Bertz CT molecular complexity index is 1630. The van der Waals surface area contributed by atoms with Gasteiger partial charge in [-0.15, -0.1) is 10.2 Å². The summed E-state index contributed by atoms with van der Waals surface area (Å²) in [5.41, 5.74) is 2.12. The van der Waals surface area contributed by atoms with Crippen LogP contribution in [0.25, 0.3) is 22.4 Å². The van der Waals surface area contributed by atoms with Crippen molar-refractivity contribution < 1.29 is 14.3 Å². The summed E-state index contributed by atoms with van der Waals surface area (Å²) >= 11 is 1.26. The van der Waals surface area contributed by atoms with Gasteiger partial charge in [0.15, 0.2) is 16.7 Å². The molecule has 1 aliphatic heterocycles. The first-order chi connectivity index (χ1) is 17.2. The number of thioether (sulfide) groups is 1. The van der Waals surface area contributed by atoms with Gasteiger partial charge in [-0.3, -0.25) is 14.0 Å². The van der Waals surface area contributed by atoms with Gasteiger partial charge in [0.05, 0.1) is 22.3 Å². The number of carbonyl (C=O) groups excluding carboxylic acids is 1. The third-order valence-electron chi connectivity index (χ3n) is 5.67. The Balaban J connectivity index is 1.27. The summed E-state index contributed by atoms with van der Waals surface area (Å²) in [6.07, 6.45) is 0. The van der Waals surface area contributed by atoms with E-state index >= 15 is 0 Å². The molecule has 1 N–H and O–H groups in total. The van der Waals surface area contributed by atoms with Gasteiger partial charge < -0.3 is 14.8 Å². The van der Waals surface area contributed by atoms with Crippen LogP contribution in [0.15, 0.2) is 82.7 Å². The lowest BCUT2D eigenvalue weighted by Crippen LogP contribution is -2.24. The van der Waals surface area contributed by atoms with Gasteiger partial charge in [-0.05, 0) is 42.0 Å². The van der Waals surface area contributed by atoms with Gasteiger partial charge in [0.1, 0.15) is 0 Å². The molecule has 5 aromatic rings. The van der Waals surface area contributed by atoms with E-state index in [9.17, 15) is 9.59 Å². The van der Waals surface area contributed by atoms with E-state index in [1.807, 2.05) is 71.1 Å². The standard InChI is InChI=1S/C25H19N5O4S/c31-22(26-13-16-10-11-20-21(12-16)34-15-33-20)14-35-25-28-27-24-29(17-6-2-1-3-7-17)23(32)18-8-4-5-9-19(18)30(24)25/h1-12H,13-15H2,(H,26,31). The van der Waals surface area contributed by atoms with E-state index in [0.29, 0.717) is 45.6 Å². The highest BCUT2D eigenvalue weighted by molar-refractivity contribution is 7.99. The van der Waals surface area contributed by atoms with Crippen LogP contribution in [0.1, 0.15) is 5.56 Å².